The summed E-state index contributed by atoms with van der Waals surface area (Å²) >= 11 is 7.40. The topological polar surface area (TPSA) is 44.2 Å². The molecule has 0 aliphatic rings. The molecule has 0 radical (unpaired) electrons. The zero-order chi connectivity index (χ0) is 37.5. The van der Waals surface area contributed by atoms with Crippen LogP contribution >= 0.6 is 31.9 Å². The van der Waals surface area contributed by atoms with Crippen LogP contribution in [0, 0.1) is 0 Å². The van der Waals surface area contributed by atoms with Gasteiger partial charge in [0.05, 0.1) is 24.6 Å². The van der Waals surface area contributed by atoms with Gasteiger partial charge in [-0.15, -0.1) is 0 Å². The zero-order valence-electron chi connectivity index (χ0n) is 31.5. The second-order valence-electron chi connectivity index (χ2n) is 13.9. The highest BCUT2D eigenvalue weighted by Crippen LogP contribution is 2.31. The number of pyridine rings is 2. The van der Waals surface area contributed by atoms with E-state index in [-0.39, 0.29) is 0 Å². The Kier molecular flexibility index (Phi) is 15.2. The molecule has 0 atom stereocenters. The predicted molar refractivity (Wildman–Crippen MR) is 232 cm³/mol. The van der Waals surface area contributed by atoms with Crippen LogP contribution in [0.5, 0.6) is 0 Å². The highest BCUT2D eigenvalue weighted by molar-refractivity contribution is 9.10. The van der Waals surface area contributed by atoms with Gasteiger partial charge in [-0.3, -0.25) is 9.97 Å². The normalized spacial score (nSPS) is 11.3. The minimum atomic E-state index is 0.628. The van der Waals surface area contributed by atoms with Crippen molar-refractivity contribution in [3.63, 3.8) is 0 Å². The van der Waals surface area contributed by atoms with Crippen molar-refractivity contribution in [1.29, 1.82) is 0 Å². The van der Waals surface area contributed by atoms with Crippen molar-refractivity contribution in [3.05, 3.63) is 142 Å². The lowest BCUT2D eigenvalue weighted by Gasteiger charge is -2.10. The molecule has 0 fully saturated rings. The van der Waals surface area contributed by atoms with Crippen LogP contribution in [0.2, 0.25) is 0 Å². The Morgan fingerprint density at radius 2 is 0.778 bits per heavy atom. The van der Waals surface area contributed by atoms with E-state index in [0.29, 0.717) is 13.2 Å². The molecule has 0 N–H and O–H groups in total. The SMILES string of the molecule is CCCCCCOCc1cc(Br)cc(-c2ccc(-c3ccc(-c4ccc(-c5ccc(-c6cc(Br)cc(COCCCCCC)c6)cc5)cn4)nc3)cc2)c1. The number of unbranched alkanes of at least 4 members (excludes halogenated alkanes) is 6. The van der Waals surface area contributed by atoms with Gasteiger partial charge in [0, 0.05) is 45.7 Å². The molecular formula is C48H50Br2N2O2. The summed E-state index contributed by atoms with van der Waals surface area (Å²) in [4.78, 5) is 9.56. The largest absolute Gasteiger partial charge is 0.377 e. The Bertz CT molecular complexity index is 1890. The number of rotatable bonds is 19. The molecule has 54 heavy (non-hydrogen) atoms. The number of aromatic nitrogens is 2. The molecule has 278 valence electrons. The second-order valence-corrected chi connectivity index (χ2v) is 15.8. The molecule has 0 saturated heterocycles. The summed E-state index contributed by atoms with van der Waals surface area (Å²) in [5.74, 6) is 0. The van der Waals surface area contributed by atoms with Gasteiger partial charge in [-0.05, 0) is 106 Å². The fourth-order valence-electron chi connectivity index (χ4n) is 6.59. The summed E-state index contributed by atoms with van der Waals surface area (Å²) in [6.07, 6.45) is 13.6. The molecule has 6 rings (SSSR count). The Morgan fingerprint density at radius 1 is 0.407 bits per heavy atom. The maximum atomic E-state index is 5.96. The predicted octanol–water partition coefficient (Wildman–Crippen LogP) is 14.5. The van der Waals surface area contributed by atoms with Gasteiger partial charge in [0.2, 0.25) is 0 Å². The second kappa shape index (κ2) is 20.7. The highest BCUT2D eigenvalue weighted by atomic mass is 79.9. The molecule has 0 unspecified atom stereocenters. The molecule has 0 spiro atoms. The molecule has 0 aliphatic carbocycles. The number of hydrogen-bond donors (Lipinski definition) is 0. The third-order valence-corrected chi connectivity index (χ3v) is 10.5. The van der Waals surface area contributed by atoms with E-state index in [4.69, 9.17) is 19.4 Å². The van der Waals surface area contributed by atoms with E-state index in [1.165, 1.54) is 71.9 Å². The minimum Gasteiger partial charge on any atom is -0.377 e. The first kappa shape index (κ1) is 39.7. The first-order chi connectivity index (χ1) is 26.5. The fourth-order valence-corrected chi connectivity index (χ4v) is 7.67. The van der Waals surface area contributed by atoms with Crippen LogP contribution in [0.4, 0.5) is 0 Å². The minimum absolute atomic E-state index is 0.628. The Labute approximate surface area is 338 Å². The molecule has 2 heterocycles. The van der Waals surface area contributed by atoms with E-state index >= 15 is 0 Å². The van der Waals surface area contributed by atoms with Crippen LogP contribution < -0.4 is 0 Å². The van der Waals surface area contributed by atoms with Gasteiger partial charge in [-0.2, -0.15) is 0 Å². The zero-order valence-corrected chi connectivity index (χ0v) is 34.7. The molecule has 0 bridgehead atoms. The monoisotopic (exact) mass is 844 g/mol. The van der Waals surface area contributed by atoms with Gasteiger partial charge in [0.15, 0.2) is 0 Å². The van der Waals surface area contributed by atoms with Gasteiger partial charge in [-0.1, -0.05) is 145 Å². The molecule has 4 nitrogen and oxygen atoms in total. The van der Waals surface area contributed by atoms with Gasteiger partial charge in [0.1, 0.15) is 0 Å². The van der Waals surface area contributed by atoms with Crippen molar-refractivity contribution in [2.24, 2.45) is 0 Å². The average molecular weight is 847 g/mol. The maximum Gasteiger partial charge on any atom is 0.0886 e. The van der Waals surface area contributed by atoms with E-state index in [2.05, 4.69) is 143 Å². The lowest BCUT2D eigenvalue weighted by Crippen LogP contribution is -1.96. The summed E-state index contributed by atoms with van der Waals surface area (Å²) in [7, 11) is 0. The first-order valence-corrected chi connectivity index (χ1v) is 21.0. The summed E-state index contributed by atoms with van der Waals surface area (Å²) in [6, 6.07) is 38.7. The van der Waals surface area contributed by atoms with Crippen LogP contribution in [0.3, 0.4) is 0 Å². The molecule has 2 aromatic heterocycles. The first-order valence-electron chi connectivity index (χ1n) is 19.4. The van der Waals surface area contributed by atoms with Gasteiger partial charge >= 0.3 is 0 Å². The fraction of sp³-hybridized carbons (Fsp3) is 0.292. The van der Waals surface area contributed by atoms with E-state index in [9.17, 15) is 0 Å². The lowest BCUT2D eigenvalue weighted by molar-refractivity contribution is 0.117. The van der Waals surface area contributed by atoms with Crippen LogP contribution in [-0.2, 0) is 22.7 Å². The van der Waals surface area contributed by atoms with Crippen molar-refractivity contribution < 1.29 is 9.47 Å². The van der Waals surface area contributed by atoms with Crippen molar-refractivity contribution in [1.82, 2.24) is 9.97 Å². The van der Waals surface area contributed by atoms with Gasteiger partial charge < -0.3 is 9.47 Å². The summed E-state index contributed by atoms with van der Waals surface area (Å²) in [5.41, 5.74) is 13.1. The van der Waals surface area contributed by atoms with E-state index in [1.54, 1.807) is 0 Å². The molecule has 4 aromatic carbocycles. The van der Waals surface area contributed by atoms with Gasteiger partial charge in [0.25, 0.3) is 0 Å². The summed E-state index contributed by atoms with van der Waals surface area (Å²) in [5, 5.41) is 0. The smallest absolute Gasteiger partial charge is 0.0886 e. The van der Waals surface area contributed by atoms with Crippen LogP contribution in [-0.4, -0.2) is 23.2 Å². The third kappa shape index (κ3) is 11.5. The van der Waals surface area contributed by atoms with Gasteiger partial charge in [-0.25, -0.2) is 0 Å². The Hall–Kier alpha value is -3.94. The third-order valence-electron chi connectivity index (χ3n) is 9.63. The molecule has 0 saturated carbocycles. The van der Waals surface area contributed by atoms with Crippen LogP contribution in [0.1, 0.15) is 76.3 Å². The highest BCUT2D eigenvalue weighted by Gasteiger charge is 2.09. The van der Waals surface area contributed by atoms with Crippen LogP contribution in [0.25, 0.3) is 55.9 Å². The number of ether oxygens (including phenoxy) is 2. The maximum absolute atomic E-state index is 5.96. The molecule has 0 amide bonds. The number of nitrogens with zero attached hydrogens (tertiary/aromatic N) is 2. The molecule has 6 heteroatoms. The molecule has 0 aliphatic heterocycles. The van der Waals surface area contributed by atoms with E-state index < -0.39 is 0 Å². The average Bonchev–Trinajstić information content (AvgIpc) is 3.20. The van der Waals surface area contributed by atoms with Crippen LogP contribution in [0.15, 0.2) is 131 Å². The quantitative estimate of drug-likeness (QED) is 0.0762. The standard InChI is InChI=1S/C48H50Br2N2O2/c1-3-5-7-9-23-53-33-35-25-43(29-45(49)27-35)39-15-11-37(12-16-39)41-19-21-47(51-31-41)48-22-20-42(32-52-48)38-13-17-40(18-14-38)44-26-36(28-46(50)30-44)34-54-24-10-8-6-4-2/h11-22,25-32H,3-10,23-24,33-34H2,1-2H3. The van der Waals surface area contributed by atoms with E-state index in [1.807, 2.05) is 24.5 Å². The van der Waals surface area contributed by atoms with Crippen molar-refractivity contribution >= 4 is 31.9 Å². The number of hydrogen-bond acceptors (Lipinski definition) is 4. The Morgan fingerprint density at radius 3 is 1.13 bits per heavy atom. The Balaban J connectivity index is 1.05. The van der Waals surface area contributed by atoms with E-state index in [0.717, 1.165) is 68.6 Å². The number of halogens is 2. The molecular weight excluding hydrogens is 796 g/mol. The molecule has 6 aromatic rings. The summed E-state index contributed by atoms with van der Waals surface area (Å²) < 4.78 is 14.0. The lowest BCUT2D eigenvalue weighted by atomic mass is 9.99. The van der Waals surface area contributed by atoms with Crippen molar-refractivity contribution in [2.45, 2.75) is 78.4 Å². The summed E-state index contributed by atoms with van der Waals surface area (Å²) in [6.45, 7) is 7.34. The number of benzene rings is 4. The van der Waals surface area contributed by atoms with Crippen molar-refractivity contribution in [3.8, 4) is 55.9 Å². The van der Waals surface area contributed by atoms with Crippen molar-refractivity contribution in [2.75, 3.05) is 13.2 Å².